The van der Waals surface area contributed by atoms with Crippen LogP contribution in [0.4, 0.5) is 0 Å². The van der Waals surface area contributed by atoms with E-state index in [0.29, 0.717) is 29.6 Å². The quantitative estimate of drug-likeness (QED) is 0.790. The van der Waals surface area contributed by atoms with Crippen LogP contribution in [0.15, 0.2) is 18.2 Å². The van der Waals surface area contributed by atoms with Crippen LogP contribution in [0.5, 0.6) is 17.2 Å². The lowest BCUT2D eigenvalue weighted by atomic mass is 9.86. The molecule has 136 valence electrons. The Hall–Kier alpha value is -1.95. The Morgan fingerprint density at radius 2 is 2.16 bits per heavy atom. The number of rotatable bonds is 7. The van der Waals surface area contributed by atoms with Gasteiger partial charge in [0.25, 0.3) is 0 Å². The van der Waals surface area contributed by atoms with Gasteiger partial charge < -0.3 is 24.6 Å². The summed E-state index contributed by atoms with van der Waals surface area (Å²) in [6.07, 6.45) is 5.00. The minimum Gasteiger partial charge on any atom is -0.491 e. The van der Waals surface area contributed by atoms with Gasteiger partial charge in [-0.15, -0.1) is 0 Å². The number of ether oxygens (including phenoxy) is 3. The highest BCUT2D eigenvalue weighted by molar-refractivity contribution is 5.76. The molecule has 2 aliphatic carbocycles. The summed E-state index contributed by atoms with van der Waals surface area (Å²) in [5, 5.41) is 12.9. The van der Waals surface area contributed by atoms with E-state index in [-0.39, 0.29) is 25.9 Å². The molecule has 1 aromatic rings. The zero-order valence-electron chi connectivity index (χ0n) is 14.3. The molecule has 2 saturated carbocycles. The van der Waals surface area contributed by atoms with Gasteiger partial charge in [0, 0.05) is 19.0 Å². The van der Waals surface area contributed by atoms with Gasteiger partial charge in [-0.3, -0.25) is 4.79 Å². The molecule has 1 aliphatic heterocycles. The smallest absolute Gasteiger partial charge is 0.231 e. The number of aliphatic hydroxyl groups excluding tert-OH is 1. The van der Waals surface area contributed by atoms with Gasteiger partial charge in [0.05, 0.1) is 0 Å². The van der Waals surface area contributed by atoms with E-state index in [9.17, 15) is 9.90 Å². The maximum Gasteiger partial charge on any atom is 0.231 e. The third-order valence-corrected chi connectivity index (χ3v) is 5.65. The first kappa shape index (κ1) is 16.5. The van der Waals surface area contributed by atoms with E-state index in [4.69, 9.17) is 14.2 Å². The first-order valence-corrected chi connectivity index (χ1v) is 9.14. The highest BCUT2D eigenvalue weighted by Crippen LogP contribution is 2.49. The van der Waals surface area contributed by atoms with Crippen molar-refractivity contribution in [3.8, 4) is 17.2 Å². The molecule has 25 heavy (non-hydrogen) atoms. The molecule has 6 nitrogen and oxygen atoms in total. The first-order valence-electron chi connectivity index (χ1n) is 9.14. The molecule has 4 rings (SSSR count). The molecule has 0 aromatic heterocycles. The second-order valence-corrected chi connectivity index (χ2v) is 7.42. The first-order chi connectivity index (χ1) is 12.2. The summed E-state index contributed by atoms with van der Waals surface area (Å²) >= 11 is 0. The van der Waals surface area contributed by atoms with Gasteiger partial charge in [-0.05, 0) is 49.1 Å². The maximum absolute atomic E-state index is 12.1. The summed E-state index contributed by atoms with van der Waals surface area (Å²) in [4.78, 5) is 12.1. The second-order valence-electron chi connectivity index (χ2n) is 7.42. The van der Waals surface area contributed by atoms with E-state index in [1.165, 1.54) is 25.7 Å². The van der Waals surface area contributed by atoms with Crippen LogP contribution in [0.25, 0.3) is 0 Å². The van der Waals surface area contributed by atoms with Crippen molar-refractivity contribution in [2.75, 3.05) is 19.9 Å². The Morgan fingerprint density at radius 1 is 1.28 bits per heavy atom. The number of benzene rings is 1. The van der Waals surface area contributed by atoms with Gasteiger partial charge in [0.15, 0.2) is 11.5 Å². The minimum atomic E-state index is -0.741. The standard InChI is InChI=1S/C19H25NO5/c21-15(10-23-16-3-4-17-18(8-16)25-11-24-17)9-20-19(22)7-14-6-12-1-2-13(14)5-12/h3-4,8,12-15,21H,1-2,5-7,9-11H2,(H,20,22). The third-order valence-electron chi connectivity index (χ3n) is 5.65. The average molecular weight is 347 g/mol. The molecule has 2 bridgehead atoms. The van der Waals surface area contributed by atoms with Crippen LogP contribution >= 0.6 is 0 Å². The fourth-order valence-electron chi connectivity index (χ4n) is 4.39. The van der Waals surface area contributed by atoms with E-state index in [1.807, 2.05) is 0 Å². The molecule has 2 fully saturated rings. The van der Waals surface area contributed by atoms with Crippen molar-refractivity contribution in [2.24, 2.45) is 17.8 Å². The predicted molar refractivity (Wildman–Crippen MR) is 90.6 cm³/mol. The third kappa shape index (κ3) is 3.84. The molecule has 0 saturated heterocycles. The van der Waals surface area contributed by atoms with E-state index in [0.717, 1.165) is 11.8 Å². The number of carbonyl (C=O) groups is 1. The summed E-state index contributed by atoms with van der Waals surface area (Å²) in [7, 11) is 0. The fraction of sp³-hybridized carbons (Fsp3) is 0.632. The van der Waals surface area contributed by atoms with Crippen molar-refractivity contribution in [1.29, 1.82) is 0 Å². The van der Waals surface area contributed by atoms with E-state index in [2.05, 4.69) is 5.32 Å². The van der Waals surface area contributed by atoms with Crippen molar-refractivity contribution in [3.05, 3.63) is 18.2 Å². The van der Waals surface area contributed by atoms with Gasteiger partial charge in [-0.25, -0.2) is 0 Å². The lowest BCUT2D eigenvalue weighted by molar-refractivity contribution is -0.122. The lowest BCUT2D eigenvalue weighted by Gasteiger charge is -2.21. The van der Waals surface area contributed by atoms with Gasteiger partial charge >= 0.3 is 0 Å². The molecule has 4 unspecified atom stereocenters. The van der Waals surface area contributed by atoms with E-state index >= 15 is 0 Å². The van der Waals surface area contributed by atoms with Crippen LogP contribution in [0.1, 0.15) is 32.1 Å². The Kier molecular flexibility index (Phi) is 4.70. The van der Waals surface area contributed by atoms with Crippen LogP contribution in [0, 0.1) is 17.8 Å². The lowest BCUT2D eigenvalue weighted by Crippen LogP contribution is -2.36. The Labute approximate surface area is 147 Å². The van der Waals surface area contributed by atoms with Gasteiger partial charge in [-0.1, -0.05) is 6.42 Å². The molecule has 1 heterocycles. The topological polar surface area (TPSA) is 77.0 Å². The van der Waals surface area contributed by atoms with Crippen molar-refractivity contribution in [1.82, 2.24) is 5.32 Å². The highest BCUT2D eigenvalue weighted by Gasteiger charge is 2.40. The molecule has 1 aromatic carbocycles. The Balaban J connectivity index is 1.16. The predicted octanol–water partition coefficient (Wildman–Crippen LogP) is 2.10. The molecule has 1 amide bonds. The maximum atomic E-state index is 12.1. The zero-order chi connectivity index (χ0) is 17.2. The van der Waals surface area contributed by atoms with Crippen molar-refractivity contribution >= 4 is 5.91 Å². The van der Waals surface area contributed by atoms with Crippen LogP contribution in [-0.2, 0) is 4.79 Å². The SMILES string of the molecule is O=C(CC1CC2CCC1C2)NCC(O)COc1ccc2c(c1)OCO2. The van der Waals surface area contributed by atoms with E-state index in [1.54, 1.807) is 18.2 Å². The van der Waals surface area contributed by atoms with Crippen molar-refractivity contribution in [2.45, 2.75) is 38.2 Å². The summed E-state index contributed by atoms with van der Waals surface area (Å²) in [6.45, 7) is 0.550. The number of hydrogen-bond donors (Lipinski definition) is 2. The summed E-state index contributed by atoms with van der Waals surface area (Å²) in [5.41, 5.74) is 0. The van der Waals surface area contributed by atoms with Crippen molar-refractivity contribution in [3.63, 3.8) is 0 Å². The summed E-state index contributed by atoms with van der Waals surface area (Å²) < 4.78 is 16.1. The number of nitrogens with one attached hydrogen (secondary N) is 1. The summed E-state index contributed by atoms with van der Waals surface area (Å²) in [5.74, 6) is 4.13. The van der Waals surface area contributed by atoms with E-state index < -0.39 is 6.10 Å². The molecule has 0 radical (unpaired) electrons. The fourth-order valence-corrected chi connectivity index (χ4v) is 4.39. The molecular weight excluding hydrogens is 322 g/mol. The molecule has 4 atom stereocenters. The number of aliphatic hydroxyl groups is 1. The zero-order valence-corrected chi connectivity index (χ0v) is 14.3. The molecule has 3 aliphatic rings. The summed E-state index contributed by atoms with van der Waals surface area (Å²) in [6, 6.07) is 5.29. The number of carbonyl (C=O) groups excluding carboxylic acids is 1. The Morgan fingerprint density at radius 3 is 2.96 bits per heavy atom. The second kappa shape index (κ2) is 7.12. The van der Waals surface area contributed by atoms with Gasteiger partial charge in [0.1, 0.15) is 18.5 Å². The Bertz CT molecular complexity index is 634. The highest BCUT2D eigenvalue weighted by atomic mass is 16.7. The largest absolute Gasteiger partial charge is 0.491 e. The number of hydrogen-bond acceptors (Lipinski definition) is 5. The molecule has 6 heteroatoms. The monoisotopic (exact) mass is 347 g/mol. The normalized spacial score (nSPS) is 27.3. The average Bonchev–Trinajstić information content (AvgIpc) is 3.33. The van der Waals surface area contributed by atoms with Gasteiger partial charge in [-0.2, -0.15) is 0 Å². The number of fused-ring (bicyclic) bond motifs is 3. The van der Waals surface area contributed by atoms with Crippen LogP contribution < -0.4 is 19.5 Å². The van der Waals surface area contributed by atoms with Crippen LogP contribution in [0.3, 0.4) is 0 Å². The number of amides is 1. The molecule has 0 spiro atoms. The minimum absolute atomic E-state index is 0.0414. The molecule has 2 N–H and O–H groups in total. The van der Waals surface area contributed by atoms with Crippen molar-refractivity contribution < 1.29 is 24.1 Å². The van der Waals surface area contributed by atoms with Gasteiger partial charge in [0.2, 0.25) is 12.7 Å². The van der Waals surface area contributed by atoms with Crippen LogP contribution in [-0.4, -0.2) is 37.1 Å². The molecular formula is C19H25NO5. The van der Waals surface area contributed by atoms with Crippen LogP contribution in [0.2, 0.25) is 0 Å².